The molecule has 0 unspecified atom stereocenters. The van der Waals surface area contributed by atoms with Gasteiger partial charge in [0.25, 0.3) is 0 Å². The lowest BCUT2D eigenvalue weighted by Crippen LogP contribution is -2.44. The Bertz CT molecular complexity index is 1410. The SMILES string of the molecule is C/C(=C/C[C@H](O)/C(C)=C/c1csc(COC(=O)OCC(Cl)(Cl)Cl)n1)CCC[C@H](C)[C@H](OC(=O)OCC(Cl)(Cl)Cl)[C@@H](C)C(=O)C(C)(C)[C@@H](C)CC(=O)O. The van der Waals surface area contributed by atoms with Crippen LogP contribution in [-0.4, -0.2) is 72.3 Å². The zero-order valence-electron chi connectivity index (χ0n) is 30.1. The maximum absolute atomic E-state index is 13.7. The first kappa shape index (κ1) is 48.5. The third-order valence-electron chi connectivity index (χ3n) is 8.46. The number of aliphatic hydroxyl groups excluding tert-OH is 1. The maximum Gasteiger partial charge on any atom is 0.508 e. The number of ether oxygens (including phenoxy) is 4. The molecule has 11 nitrogen and oxygen atoms in total. The minimum Gasteiger partial charge on any atom is -0.481 e. The van der Waals surface area contributed by atoms with E-state index in [0.717, 1.165) is 5.57 Å². The van der Waals surface area contributed by atoms with Crippen molar-refractivity contribution in [2.75, 3.05) is 13.2 Å². The van der Waals surface area contributed by atoms with E-state index in [9.17, 15) is 29.4 Å². The summed E-state index contributed by atoms with van der Waals surface area (Å²) >= 11 is 35.0. The van der Waals surface area contributed by atoms with Crippen LogP contribution in [0.4, 0.5) is 9.59 Å². The second kappa shape index (κ2) is 22.1. The van der Waals surface area contributed by atoms with Gasteiger partial charge in [-0.15, -0.1) is 11.3 Å². The van der Waals surface area contributed by atoms with Gasteiger partial charge in [0, 0.05) is 17.2 Å². The number of allylic oxidation sites excluding steroid dienone is 1. The Morgan fingerprint density at radius 2 is 1.52 bits per heavy atom. The number of carboxylic acids is 1. The summed E-state index contributed by atoms with van der Waals surface area (Å²) in [5.74, 6) is -2.83. The molecule has 0 aliphatic rings. The van der Waals surface area contributed by atoms with Crippen LogP contribution in [0.15, 0.2) is 22.6 Å². The number of alkyl halides is 6. The molecule has 1 aromatic rings. The van der Waals surface area contributed by atoms with Crippen LogP contribution in [0.5, 0.6) is 0 Å². The molecule has 0 bridgehead atoms. The molecular weight excluding hydrogens is 827 g/mol. The third kappa shape index (κ3) is 19.2. The molecule has 0 spiro atoms. The quantitative estimate of drug-likeness (QED) is 0.0730. The molecule has 0 radical (unpaired) electrons. The zero-order chi connectivity index (χ0) is 40.0. The molecule has 0 fully saturated rings. The summed E-state index contributed by atoms with van der Waals surface area (Å²) in [5, 5.41) is 22.3. The van der Waals surface area contributed by atoms with Gasteiger partial charge in [0.15, 0.2) is 0 Å². The average Bonchev–Trinajstić information content (AvgIpc) is 3.48. The summed E-state index contributed by atoms with van der Waals surface area (Å²) < 4.78 is 16.7. The predicted molar refractivity (Wildman–Crippen MR) is 205 cm³/mol. The van der Waals surface area contributed by atoms with Crippen molar-refractivity contribution in [3.05, 3.63) is 33.3 Å². The molecule has 1 rings (SSSR count). The number of carbonyl (C=O) groups is 4. The number of halogens is 6. The highest BCUT2D eigenvalue weighted by Gasteiger charge is 2.42. The number of Topliss-reactive ketones (excluding diaryl/α,β-unsaturated/α-hetero) is 1. The zero-order valence-corrected chi connectivity index (χ0v) is 35.4. The van der Waals surface area contributed by atoms with Gasteiger partial charge < -0.3 is 29.2 Å². The van der Waals surface area contributed by atoms with E-state index in [1.807, 2.05) is 19.9 Å². The van der Waals surface area contributed by atoms with Gasteiger partial charge in [0.2, 0.25) is 7.59 Å². The van der Waals surface area contributed by atoms with Gasteiger partial charge in [-0.2, -0.15) is 0 Å². The molecule has 296 valence electrons. The molecule has 0 amide bonds. The minimum atomic E-state index is -1.85. The maximum atomic E-state index is 13.7. The van der Waals surface area contributed by atoms with E-state index in [2.05, 4.69) is 4.98 Å². The van der Waals surface area contributed by atoms with E-state index >= 15 is 0 Å². The number of carbonyl (C=O) groups excluding carboxylic acids is 3. The summed E-state index contributed by atoms with van der Waals surface area (Å²) in [6.07, 6.45) is 2.00. The second-order valence-corrected chi connectivity index (χ2v) is 19.3. The topological polar surface area (TPSA) is 159 Å². The highest BCUT2D eigenvalue weighted by Crippen LogP contribution is 2.37. The van der Waals surface area contributed by atoms with Crippen molar-refractivity contribution in [1.29, 1.82) is 0 Å². The number of nitrogens with zero attached hydrogens (tertiary/aromatic N) is 1. The molecule has 0 saturated heterocycles. The number of aliphatic carboxylic acids is 1. The van der Waals surface area contributed by atoms with E-state index < -0.39 is 68.5 Å². The predicted octanol–water partition coefficient (Wildman–Crippen LogP) is 10.3. The number of carboxylic acid groups (broad SMARTS) is 1. The fourth-order valence-electron chi connectivity index (χ4n) is 5.05. The normalized spacial score (nSPS) is 16.0. The second-order valence-electron chi connectivity index (χ2n) is 13.3. The van der Waals surface area contributed by atoms with E-state index in [4.69, 9.17) is 88.6 Å². The van der Waals surface area contributed by atoms with E-state index in [1.165, 1.54) is 11.3 Å². The van der Waals surface area contributed by atoms with Gasteiger partial charge in [-0.3, -0.25) is 9.59 Å². The third-order valence-corrected chi connectivity index (χ3v) is 9.95. The monoisotopic (exact) mass is 871 g/mol. The number of hydrogen-bond acceptors (Lipinski definition) is 11. The van der Waals surface area contributed by atoms with Gasteiger partial charge in [-0.25, -0.2) is 14.6 Å². The molecular formula is C34H47Cl6NO10S. The summed E-state index contributed by atoms with van der Waals surface area (Å²) in [6.45, 7) is 11.2. The number of thiazole rings is 1. The smallest absolute Gasteiger partial charge is 0.481 e. The van der Waals surface area contributed by atoms with Crippen molar-refractivity contribution in [2.24, 2.45) is 23.2 Å². The van der Waals surface area contributed by atoms with Gasteiger partial charge >= 0.3 is 18.3 Å². The fourth-order valence-corrected chi connectivity index (χ4v) is 6.04. The summed E-state index contributed by atoms with van der Waals surface area (Å²) in [5.41, 5.74) is 1.28. The van der Waals surface area contributed by atoms with Gasteiger partial charge in [0.1, 0.15) is 36.7 Å². The van der Waals surface area contributed by atoms with Crippen LogP contribution in [0.25, 0.3) is 6.08 Å². The van der Waals surface area contributed by atoms with Gasteiger partial charge in [0.05, 0.1) is 17.7 Å². The van der Waals surface area contributed by atoms with Crippen LogP contribution in [0.1, 0.15) is 91.3 Å². The lowest BCUT2D eigenvalue weighted by Gasteiger charge is -2.36. The first-order valence-electron chi connectivity index (χ1n) is 16.3. The number of aliphatic hydroxyl groups is 1. The number of hydrogen-bond donors (Lipinski definition) is 2. The first-order chi connectivity index (χ1) is 23.8. The van der Waals surface area contributed by atoms with Gasteiger partial charge in [-0.05, 0) is 63.0 Å². The molecule has 2 N–H and O–H groups in total. The molecule has 18 heteroatoms. The van der Waals surface area contributed by atoms with Crippen LogP contribution in [0.3, 0.4) is 0 Å². The van der Waals surface area contributed by atoms with Crippen LogP contribution < -0.4 is 0 Å². The van der Waals surface area contributed by atoms with E-state index in [-0.39, 0.29) is 24.7 Å². The molecule has 0 aliphatic heterocycles. The van der Waals surface area contributed by atoms with E-state index in [1.54, 1.807) is 46.1 Å². The van der Waals surface area contributed by atoms with Crippen molar-refractivity contribution >= 4 is 111 Å². The average molecular weight is 875 g/mol. The van der Waals surface area contributed by atoms with Crippen LogP contribution >= 0.6 is 80.9 Å². The number of aromatic nitrogens is 1. The molecule has 52 heavy (non-hydrogen) atoms. The molecule has 1 heterocycles. The lowest BCUT2D eigenvalue weighted by atomic mass is 9.69. The van der Waals surface area contributed by atoms with Crippen molar-refractivity contribution in [3.8, 4) is 0 Å². The van der Waals surface area contributed by atoms with Crippen molar-refractivity contribution in [2.45, 2.75) is 107 Å². The van der Waals surface area contributed by atoms with E-state index in [0.29, 0.717) is 42.0 Å². The Balaban J connectivity index is 2.83. The number of ketones is 1. The molecule has 0 aromatic carbocycles. The Morgan fingerprint density at radius 1 is 0.942 bits per heavy atom. The summed E-state index contributed by atoms with van der Waals surface area (Å²) in [4.78, 5) is 53.6. The van der Waals surface area contributed by atoms with Crippen molar-refractivity contribution in [3.63, 3.8) is 0 Å². The van der Waals surface area contributed by atoms with Crippen LogP contribution in [-0.2, 0) is 35.1 Å². The number of rotatable bonds is 20. The standard InChI is InChI=1S/C34H47Cl6NO10S/c1-19(11-12-25(42)21(3)13-24-16-52-26(41-24)15-48-30(46)49-17-33(35,36)37)9-8-10-20(2)28(51-31(47)50-18-34(38,39)40)23(5)29(45)32(6,7)22(4)14-27(43)44/h11,13,16,20,22-23,25,28,42H,8-10,12,14-15,17-18H2,1-7H3,(H,43,44)/b19-11-,21-13+/t20-,22-,23+,25-,28-/m0/s1. The first-order valence-corrected chi connectivity index (χ1v) is 19.5. The molecule has 1 aromatic heterocycles. The summed E-state index contributed by atoms with van der Waals surface area (Å²) in [7, 11) is 0. The van der Waals surface area contributed by atoms with Crippen LogP contribution in [0.2, 0.25) is 0 Å². The molecule has 5 atom stereocenters. The Labute approximate surface area is 339 Å². The summed E-state index contributed by atoms with van der Waals surface area (Å²) in [6, 6.07) is 0. The van der Waals surface area contributed by atoms with Gasteiger partial charge in [-0.1, -0.05) is 116 Å². The Hall–Kier alpha value is -1.51. The van der Waals surface area contributed by atoms with Crippen LogP contribution in [0, 0.1) is 23.2 Å². The highest BCUT2D eigenvalue weighted by atomic mass is 35.6. The van der Waals surface area contributed by atoms with Crippen molar-refractivity contribution < 1.29 is 48.3 Å². The fraction of sp³-hybridized carbons (Fsp3) is 0.676. The Kier molecular flexibility index (Phi) is 20.7. The minimum absolute atomic E-state index is 0.133. The molecule has 0 saturated carbocycles. The largest absolute Gasteiger partial charge is 0.508 e. The highest BCUT2D eigenvalue weighted by molar-refractivity contribution is 7.09. The molecule has 0 aliphatic carbocycles. The lowest BCUT2D eigenvalue weighted by molar-refractivity contribution is -0.143. The Morgan fingerprint density at radius 3 is 2.08 bits per heavy atom. The van der Waals surface area contributed by atoms with Crippen molar-refractivity contribution in [1.82, 2.24) is 4.98 Å².